The van der Waals surface area contributed by atoms with E-state index >= 15 is 0 Å². The molecule has 7 heteroatoms. The number of hydrogen-bond donors (Lipinski definition) is 1. The molecule has 0 radical (unpaired) electrons. The second-order valence-corrected chi connectivity index (χ2v) is 6.36. The molecule has 2 aromatic carbocycles. The molecule has 24 heavy (non-hydrogen) atoms. The van der Waals surface area contributed by atoms with E-state index in [-0.39, 0.29) is 4.88 Å². The second-order valence-electron chi connectivity index (χ2n) is 5.31. The van der Waals surface area contributed by atoms with Crippen LogP contribution in [0.15, 0.2) is 48.5 Å². The molecule has 4 rings (SSSR count). The quantitative estimate of drug-likeness (QED) is 0.620. The highest BCUT2D eigenvalue weighted by atomic mass is 32.1. The van der Waals surface area contributed by atoms with Crippen LogP contribution in [0.2, 0.25) is 0 Å². The third-order valence-electron chi connectivity index (χ3n) is 3.84. The summed E-state index contributed by atoms with van der Waals surface area (Å²) in [5.41, 5.74) is 1.70. The van der Waals surface area contributed by atoms with Gasteiger partial charge in [0, 0.05) is 23.1 Å². The Bertz CT molecular complexity index is 1060. The number of benzene rings is 2. The molecule has 0 fully saturated rings. The van der Waals surface area contributed by atoms with Crippen molar-refractivity contribution < 1.29 is 9.90 Å². The SMILES string of the molecule is Cn1nnnc1-c1cc(C(=O)O)sc1-c1cccc2ccccc12. The Morgan fingerprint density at radius 1 is 1.12 bits per heavy atom. The molecule has 0 saturated carbocycles. The molecule has 0 aliphatic carbocycles. The fraction of sp³-hybridized carbons (Fsp3) is 0.0588. The van der Waals surface area contributed by atoms with E-state index in [2.05, 4.69) is 15.5 Å². The van der Waals surface area contributed by atoms with Gasteiger partial charge in [-0.25, -0.2) is 9.48 Å². The van der Waals surface area contributed by atoms with Crippen LogP contribution < -0.4 is 0 Å². The maximum Gasteiger partial charge on any atom is 0.345 e. The van der Waals surface area contributed by atoms with Gasteiger partial charge in [-0.3, -0.25) is 0 Å². The molecule has 118 valence electrons. The highest BCUT2D eigenvalue weighted by molar-refractivity contribution is 7.18. The van der Waals surface area contributed by atoms with Gasteiger partial charge in [-0.05, 0) is 27.3 Å². The van der Waals surface area contributed by atoms with Crippen LogP contribution in [0.3, 0.4) is 0 Å². The summed E-state index contributed by atoms with van der Waals surface area (Å²) < 4.78 is 1.54. The minimum Gasteiger partial charge on any atom is -0.477 e. The van der Waals surface area contributed by atoms with Gasteiger partial charge in [-0.2, -0.15) is 0 Å². The lowest BCUT2D eigenvalue weighted by Crippen LogP contribution is -1.95. The van der Waals surface area contributed by atoms with Crippen molar-refractivity contribution in [2.24, 2.45) is 7.05 Å². The van der Waals surface area contributed by atoms with Crippen LogP contribution in [0.5, 0.6) is 0 Å². The lowest BCUT2D eigenvalue weighted by Gasteiger charge is -2.07. The number of fused-ring (bicyclic) bond motifs is 1. The van der Waals surface area contributed by atoms with Crippen molar-refractivity contribution in [1.82, 2.24) is 20.2 Å². The number of hydrogen-bond acceptors (Lipinski definition) is 5. The minimum absolute atomic E-state index is 0.260. The van der Waals surface area contributed by atoms with Gasteiger partial charge >= 0.3 is 5.97 Å². The molecule has 0 unspecified atom stereocenters. The van der Waals surface area contributed by atoms with Gasteiger partial charge < -0.3 is 5.11 Å². The van der Waals surface area contributed by atoms with Crippen molar-refractivity contribution in [3.63, 3.8) is 0 Å². The van der Waals surface area contributed by atoms with Gasteiger partial charge in [-0.15, -0.1) is 16.4 Å². The number of aromatic carboxylic acids is 1. The summed E-state index contributed by atoms with van der Waals surface area (Å²) in [4.78, 5) is 12.6. The topological polar surface area (TPSA) is 80.9 Å². The van der Waals surface area contributed by atoms with Crippen LogP contribution in [-0.2, 0) is 7.05 Å². The Labute approximate surface area is 141 Å². The number of aryl methyl sites for hydroxylation is 1. The third kappa shape index (κ3) is 2.26. The predicted molar refractivity (Wildman–Crippen MR) is 92.0 cm³/mol. The average molecular weight is 336 g/mol. The molecule has 0 saturated heterocycles. The van der Waals surface area contributed by atoms with Gasteiger partial charge in [0.05, 0.1) is 0 Å². The maximum absolute atomic E-state index is 11.5. The van der Waals surface area contributed by atoms with E-state index in [4.69, 9.17) is 0 Å². The van der Waals surface area contributed by atoms with Crippen LogP contribution in [0.25, 0.3) is 32.6 Å². The molecule has 1 N–H and O–H groups in total. The molecule has 2 aromatic heterocycles. The molecule has 0 bridgehead atoms. The molecule has 2 heterocycles. The summed E-state index contributed by atoms with van der Waals surface area (Å²) in [6.45, 7) is 0. The number of thiophene rings is 1. The van der Waals surface area contributed by atoms with Crippen LogP contribution in [0, 0.1) is 0 Å². The first-order chi connectivity index (χ1) is 11.6. The molecule has 0 atom stereocenters. The van der Waals surface area contributed by atoms with Gasteiger partial charge in [0.25, 0.3) is 0 Å². The van der Waals surface area contributed by atoms with Crippen molar-refractivity contribution >= 4 is 28.1 Å². The van der Waals surface area contributed by atoms with Crippen molar-refractivity contribution in [3.8, 4) is 21.8 Å². The van der Waals surface area contributed by atoms with Crippen molar-refractivity contribution in [2.75, 3.05) is 0 Å². The lowest BCUT2D eigenvalue weighted by molar-refractivity contribution is 0.0702. The van der Waals surface area contributed by atoms with Gasteiger partial charge in [0.15, 0.2) is 5.82 Å². The number of carboxylic acid groups (broad SMARTS) is 1. The molecule has 6 nitrogen and oxygen atoms in total. The first-order valence-corrected chi connectivity index (χ1v) is 8.05. The first kappa shape index (κ1) is 14.5. The van der Waals surface area contributed by atoms with Crippen LogP contribution in [-0.4, -0.2) is 31.3 Å². The van der Waals surface area contributed by atoms with Crippen LogP contribution in [0.1, 0.15) is 9.67 Å². The number of rotatable bonds is 3. The van der Waals surface area contributed by atoms with Crippen molar-refractivity contribution in [2.45, 2.75) is 0 Å². The maximum atomic E-state index is 11.5. The Hall–Kier alpha value is -3.06. The van der Waals surface area contributed by atoms with E-state index in [9.17, 15) is 9.90 Å². The monoisotopic (exact) mass is 336 g/mol. The Balaban J connectivity index is 2.04. The summed E-state index contributed by atoms with van der Waals surface area (Å²) >= 11 is 1.23. The van der Waals surface area contributed by atoms with E-state index in [1.165, 1.54) is 11.3 Å². The summed E-state index contributed by atoms with van der Waals surface area (Å²) in [5, 5.41) is 23.1. The van der Waals surface area contributed by atoms with E-state index in [1.807, 2.05) is 42.5 Å². The van der Waals surface area contributed by atoms with Crippen molar-refractivity contribution in [3.05, 3.63) is 53.4 Å². The molecule has 0 amide bonds. The van der Waals surface area contributed by atoms with Crippen LogP contribution in [0.4, 0.5) is 0 Å². The normalized spacial score (nSPS) is 11.0. The third-order valence-corrected chi connectivity index (χ3v) is 4.99. The lowest BCUT2D eigenvalue weighted by atomic mass is 10.0. The molecule has 0 aliphatic heterocycles. The zero-order chi connectivity index (χ0) is 16.7. The summed E-state index contributed by atoms with van der Waals surface area (Å²) in [7, 11) is 1.74. The molecular formula is C17H12N4O2S. The standard InChI is InChI=1S/C17H12N4O2S/c1-21-16(18-19-20-21)13-9-14(17(22)23)24-15(13)12-8-4-6-10-5-2-3-7-11(10)12/h2-9H,1H3,(H,22,23). The highest BCUT2D eigenvalue weighted by Crippen LogP contribution is 2.41. The van der Waals surface area contributed by atoms with E-state index < -0.39 is 5.97 Å². The largest absolute Gasteiger partial charge is 0.477 e. The summed E-state index contributed by atoms with van der Waals surface area (Å²) in [5.74, 6) is -0.412. The Morgan fingerprint density at radius 2 is 1.92 bits per heavy atom. The van der Waals surface area contributed by atoms with Gasteiger partial charge in [-0.1, -0.05) is 42.5 Å². The highest BCUT2D eigenvalue weighted by Gasteiger charge is 2.21. The van der Waals surface area contributed by atoms with E-state index in [0.29, 0.717) is 5.82 Å². The average Bonchev–Trinajstić information content (AvgIpc) is 3.20. The smallest absolute Gasteiger partial charge is 0.345 e. The van der Waals surface area contributed by atoms with Gasteiger partial charge in [0.1, 0.15) is 4.88 Å². The van der Waals surface area contributed by atoms with E-state index in [1.54, 1.807) is 17.8 Å². The Kier molecular flexibility index (Phi) is 3.35. The summed E-state index contributed by atoms with van der Waals surface area (Å²) in [6, 6.07) is 15.7. The number of nitrogens with zero attached hydrogens (tertiary/aromatic N) is 4. The fourth-order valence-electron chi connectivity index (χ4n) is 2.74. The number of aromatic nitrogens is 4. The first-order valence-electron chi connectivity index (χ1n) is 7.23. The van der Waals surface area contributed by atoms with E-state index in [0.717, 1.165) is 26.8 Å². The zero-order valence-electron chi connectivity index (χ0n) is 12.7. The molecule has 4 aromatic rings. The second kappa shape index (κ2) is 5.54. The van der Waals surface area contributed by atoms with Crippen LogP contribution >= 0.6 is 11.3 Å². The zero-order valence-corrected chi connectivity index (χ0v) is 13.5. The Morgan fingerprint density at radius 3 is 2.67 bits per heavy atom. The van der Waals surface area contributed by atoms with Crippen molar-refractivity contribution in [1.29, 1.82) is 0 Å². The number of carbonyl (C=O) groups is 1. The molecule has 0 aliphatic rings. The predicted octanol–water partition coefficient (Wildman–Crippen LogP) is 3.46. The number of tetrazole rings is 1. The molecular weight excluding hydrogens is 324 g/mol. The minimum atomic E-state index is -0.956. The van der Waals surface area contributed by atoms with Gasteiger partial charge in [0.2, 0.25) is 0 Å². The fourth-order valence-corrected chi connectivity index (χ4v) is 3.78. The summed E-state index contributed by atoms with van der Waals surface area (Å²) in [6.07, 6.45) is 0. The molecule has 0 spiro atoms. The number of carboxylic acids is 1.